The summed E-state index contributed by atoms with van der Waals surface area (Å²) in [6.45, 7) is 3.51. The third-order valence-electron chi connectivity index (χ3n) is 3.56. The first-order chi connectivity index (χ1) is 11.8. The van der Waals surface area contributed by atoms with E-state index < -0.39 is 18.0 Å². The minimum absolute atomic E-state index is 0.128. The van der Waals surface area contributed by atoms with Gasteiger partial charge in [0.05, 0.1) is 31.0 Å². The van der Waals surface area contributed by atoms with Gasteiger partial charge in [-0.3, -0.25) is 9.48 Å². The van der Waals surface area contributed by atoms with Crippen LogP contribution >= 0.6 is 0 Å². The molecule has 0 radical (unpaired) electrons. The largest absolute Gasteiger partial charge is 0.465 e. The molecule has 1 aromatic heterocycles. The first kappa shape index (κ1) is 18.2. The molecule has 1 heterocycles. The molecule has 1 amide bonds. The van der Waals surface area contributed by atoms with Gasteiger partial charge in [0.15, 0.2) is 0 Å². The average molecular weight is 345 g/mol. The first-order valence-electron chi connectivity index (χ1n) is 7.50. The van der Waals surface area contributed by atoms with Crippen LogP contribution in [0.5, 0.6) is 0 Å². The molecule has 25 heavy (non-hydrogen) atoms. The summed E-state index contributed by atoms with van der Waals surface area (Å²) in [5.74, 6) is -1.60. The van der Waals surface area contributed by atoms with E-state index >= 15 is 0 Å². The fourth-order valence-corrected chi connectivity index (χ4v) is 2.19. The van der Waals surface area contributed by atoms with Crippen molar-refractivity contribution in [2.75, 3.05) is 19.5 Å². The minimum Gasteiger partial charge on any atom is -0.465 e. The molecule has 8 nitrogen and oxygen atoms in total. The van der Waals surface area contributed by atoms with Crippen molar-refractivity contribution in [2.24, 2.45) is 0 Å². The van der Waals surface area contributed by atoms with Gasteiger partial charge in [-0.15, -0.1) is 0 Å². The number of benzene rings is 1. The zero-order valence-electron chi connectivity index (χ0n) is 14.4. The van der Waals surface area contributed by atoms with Gasteiger partial charge >= 0.3 is 11.9 Å². The summed E-state index contributed by atoms with van der Waals surface area (Å²) in [6, 6.07) is 5.41. The monoisotopic (exact) mass is 345 g/mol. The van der Waals surface area contributed by atoms with Crippen molar-refractivity contribution < 1.29 is 23.9 Å². The lowest BCUT2D eigenvalue weighted by atomic mass is 10.1. The number of aryl methyl sites for hydroxylation is 1. The highest BCUT2D eigenvalue weighted by Gasteiger charge is 2.19. The van der Waals surface area contributed by atoms with Gasteiger partial charge in [0.1, 0.15) is 6.04 Å². The molecule has 2 aromatic rings. The lowest BCUT2D eigenvalue weighted by Gasteiger charge is -2.14. The smallest absolute Gasteiger partial charge is 0.337 e. The molecule has 0 saturated heterocycles. The van der Waals surface area contributed by atoms with E-state index in [0.29, 0.717) is 0 Å². The SMILES string of the molecule is COC(=O)c1cc(NC(=O)C(C)n2ccc(C)n2)cc(C(=O)OC)c1. The highest BCUT2D eigenvalue weighted by molar-refractivity contribution is 6.00. The van der Waals surface area contributed by atoms with Crippen molar-refractivity contribution >= 4 is 23.5 Å². The zero-order valence-corrected chi connectivity index (χ0v) is 14.4. The van der Waals surface area contributed by atoms with Gasteiger partial charge < -0.3 is 14.8 Å². The van der Waals surface area contributed by atoms with Crippen LogP contribution in [-0.2, 0) is 14.3 Å². The Morgan fingerprint density at radius 3 is 2.08 bits per heavy atom. The number of hydrogen-bond donors (Lipinski definition) is 1. The number of carbonyl (C=O) groups is 3. The highest BCUT2D eigenvalue weighted by Crippen LogP contribution is 2.18. The predicted octanol–water partition coefficient (Wildman–Crippen LogP) is 1.96. The Morgan fingerprint density at radius 2 is 1.64 bits per heavy atom. The van der Waals surface area contributed by atoms with Gasteiger partial charge in [-0.1, -0.05) is 0 Å². The Morgan fingerprint density at radius 1 is 1.08 bits per heavy atom. The van der Waals surface area contributed by atoms with Crippen LogP contribution in [0.1, 0.15) is 39.4 Å². The Kier molecular flexibility index (Phi) is 5.53. The number of ether oxygens (including phenoxy) is 2. The number of rotatable bonds is 5. The molecule has 0 saturated carbocycles. The van der Waals surface area contributed by atoms with Gasteiger partial charge in [0.25, 0.3) is 0 Å². The zero-order chi connectivity index (χ0) is 18.6. The van der Waals surface area contributed by atoms with E-state index in [-0.39, 0.29) is 22.7 Å². The summed E-state index contributed by atoms with van der Waals surface area (Å²) in [4.78, 5) is 36.0. The maximum atomic E-state index is 12.4. The second kappa shape index (κ2) is 7.61. The molecule has 2 rings (SSSR count). The van der Waals surface area contributed by atoms with Crippen LogP contribution in [0.4, 0.5) is 5.69 Å². The standard InChI is InChI=1S/C17H19N3O5/c1-10-5-6-20(19-10)11(2)15(21)18-14-8-12(16(22)24-3)7-13(9-14)17(23)25-4/h5-9,11H,1-4H3,(H,18,21). The molecule has 1 aromatic carbocycles. The van der Waals surface area contributed by atoms with Gasteiger partial charge in [-0.2, -0.15) is 5.10 Å². The van der Waals surface area contributed by atoms with Crippen LogP contribution in [0.2, 0.25) is 0 Å². The quantitative estimate of drug-likeness (QED) is 0.832. The van der Waals surface area contributed by atoms with E-state index in [2.05, 4.69) is 19.9 Å². The third kappa shape index (κ3) is 4.23. The fraction of sp³-hybridized carbons (Fsp3) is 0.294. The maximum Gasteiger partial charge on any atom is 0.337 e. The molecular weight excluding hydrogens is 326 g/mol. The molecule has 0 aliphatic heterocycles. The highest BCUT2D eigenvalue weighted by atomic mass is 16.5. The number of hydrogen-bond acceptors (Lipinski definition) is 6. The van der Waals surface area contributed by atoms with Crippen molar-refractivity contribution in [3.8, 4) is 0 Å². The van der Waals surface area contributed by atoms with Crippen LogP contribution in [0.15, 0.2) is 30.5 Å². The van der Waals surface area contributed by atoms with Crippen LogP contribution in [0.3, 0.4) is 0 Å². The molecule has 0 bridgehead atoms. The normalized spacial score (nSPS) is 11.5. The van der Waals surface area contributed by atoms with Crippen molar-refractivity contribution in [3.05, 3.63) is 47.3 Å². The van der Waals surface area contributed by atoms with E-state index in [1.54, 1.807) is 19.2 Å². The van der Waals surface area contributed by atoms with Crippen LogP contribution in [0.25, 0.3) is 0 Å². The van der Waals surface area contributed by atoms with Gasteiger partial charge in [-0.25, -0.2) is 9.59 Å². The molecule has 1 atom stereocenters. The second-order valence-corrected chi connectivity index (χ2v) is 5.38. The lowest BCUT2D eigenvalue weighted by Crippen LogP contribution is -2.24. The average Bonchev–Trinajstić information content (AvgIpc) is 3.05. The van der Waals surface area contributed by atoms with Crippen LogP contribution in [-0.4, -0.2) is 41.8 Å². The van der Waals surface area contributed by atoms with Crippen LogP contribution < -0.4 is 5.32 Å². The molecule has 0 aliphatic carbocycles. The van der Waals surface area contributed by atoms with E-state index in [0.717, 1.165) is 5.69 Å². The van der Waals surface area contributed by atoms with Crippen molar-refractivity contribution in [1.82, 2.24) is 9.78 Å². The Hall–Kier alpha value is -3.16. The van der Waals surface area contributed by atoms with E-state index in [4.69, 9.17) is 0 Å². The van der Waals surface area contributed by atoms with E-state index in [9.17, 15) is 14.4 Å². The van der Waals surface area contributed by atoms with Crippen molar-refractivity contribution in [3.63, 3.8) is 0 Å². The van der Waals surface area contributed by atoms with Gasteiger partial charge in [0, 0.05) is 11.9 Å². The fourth-order valence-electron chi connectivity index (χ4n) is 2.19. The number of nitrogens with zero attached hydrogens (tertiary/aromatic N) is 2. The molecule has 132 valence electrons. The number of aromatic nitrogens is 2. The number of esters is 2. The summed E-state index contributed by atoms with van der Waals surface area (Å²) < 4.78 is 10.9. The lowest BCUT2D eigenvalue weighted by molar-refractivity contribution is -0.119. The number of methoxy groups -OCH3 is 2. The molecule has 1 N–H and O–H groups in total. The van der Waals surface area contributed by atoms with E-state index in [1.807, 2.05) is 6.92 Å². The molecule has 1 unspecified atom stereocenters. The Labute approximate surface area is 144 Å². The number of amides is 1. The topological polar surface area (TPSA) is 99.5 Å². The summed E-state index contributed by atoms with van der Waals surface area (Å²) in [6.07, 6.45) is 1.70. The third-order valence-corrected chi connectivity index (χ3v) is 3.56. The molecule has 0 aliphatic rings. The Bertz CT molecular complexity index is 778. The summed E-state index contributed by atoms with van der Waals surface area (Å²) in [7, 11) is 2.46. The van der Waals surface area contributed by atoms with E-state index in [1.165, 1.54) is 37.1 Å². The number of carbonyl (C=O) groups excluding carboxylic acids is 3. The maximum absolute atomic E-state index is 12.4. The molecule has 0 fully saturated rings. The Balaban J connectivity index is 2.29. The second-order valence-electron chi connectivity index (χ2n) is 5.38. The summed E-state index contributed by atoms with van der Waals surface area (Å²) in [5.41, 5.74) is 1.33. The molecular formula is C17H19N3O5. The van der Waals surface area contributed by atoms with Gasteiger partial charge in [-0.05, 0) is 38.1 Å². The number of anilines is 1. The predicted molar refractivity (Wildman–Crippen MR) is 89.4 cm³/mol. The number of nitrogens with one attached hydrogen (secondary N) is 1. The molecule has 0 spiro atoms. The molecule has 8 heteroatoms. The minimum atomic E-state index is -0.628. The van der Waals surface area contributed by atoms with Crippen molar-refractivity contribution in [1.29, 1.82) is 0 Å². The van der Waals surface area contributed by atoms with Crippen LogP contribution in [0, 0.1) is 6.92 Å². The first-order valence-corrected chi connectivity index (χ1v) is 7.50. The van der Waals surface area contributed by atoms with Gasteiger partial charge in [0.2, 0.25) is 5.91 Å². The van der Waals surface area contributed by atoms with Crippen molar-refractivity contribution in [2.45, 2.75) is 19.9 Å². The summed E-state index contributed by atoms with van der Waals surface area (Å²) >= 11 is 0. The summed E-state index contributed by atoms with van der Waals surface area (Å²) in [5, 5.41) is 6.87.